The number of nitrogens with zero attached hydrogens (tertiary/aromatic N) is 1. The lowest BCUT2D eigenvalue weighted by atomic mass is 9.95. The summed E-state index contributed by atoms with van der Waals surface area (Å²) >= 11 is 3.25. The minimum absolute atomic E-state index is 0.323. The van der Waals surface area contributed by atoms with Crippen molar-refractivity contribution in [3.63, 3.8) is 0 Å². The van der Waals surface area contributed by atoms with Crippen LogP contribution in [0.15, 0.2) is 47.9 Å². The Morgan fingerprint density at radius 2 is 1.81 bits per heavy atom. The molecular formula is C30H38N2O2S2. The predicted octanol–water partition coefficient (Wildman–Crippen LogP) is 7.72. The van der Waals surface area contributed by atoms with Crippen molar-refractivity contribution in [1.29, 1.82) is 0 Å². The minimum Gasteiger partial charge on any atom is -0.462 e. The average molecular weight is 523 g/mol. The summed E-state index contributed by atoms with van der Waals surface area (Å²) in [5.41, 5.74) is 15.5. The molecule has 6 heteroatoms. The molecule has 0 aliphatic heterocycles. The second kappa shape index (κ2) is 13.1. The van der Waals surface area contributed by atoms with Gasteiger partial charge in [0, 0.05) is 17.0 Å². The Labute approximate surface area is 224 Å². The number of anilines is 1. The number of carbonyl (C=O) groups excluding carboxylic acids is 1. The number of carbonyl (C=O) groups is 1. The number of esters is 1. The lowest BCUT2D eigenvalue weighted by Crippen LogP contribution is -2.19. The lowest BCUT2D eigenvalue weighted by Gasteiger charge is -2.18. The minimum atomic E-state index is -0.352. The van der Waals surface area contributed by atoms with E-state index < -0.39 is 0 Å². The summed E-state index contributed by atoms with van der Waals surface area (Å²) in [4.78, 5) is 16.2. The van der Waals surface area contributed by atoms with Crippen molar-refractivity contribution in [2.24, 2.45) is 0 Å². The van der Waals surface area contributed by atoms with Gasteiger partial charge < -0.3 is 15.4 Å². The van der Waals surface area contributed by atoms with Crippen molar-refractivity contribution in [3.8, 4) is 11.1 Å². The Morgan fingerprint density at radius 3 is 2.42 bits per heavy atom. The van der Waals surface area contributed by atoms with Crippen LogP contribution in [-0.4, -0.2) is 37.3 Å². The first kappa shape index (κ1) is 28.0. The fourth-order valence-electron chi connectivity index (χ4n) is 4.42. The van der Waals surface area contributed by atoms with Gasteiger partial charge in [-0.1, -0.05) is 42.5 Å². The van der Waals surface area contributed by atoms with Crippen LogP contribution in [0.4, 0.5) is 5.00 Å². The third-order valence-electron chi connectivity index (χ3n) is 6.51. The van der Waals surface area contributed by atoms with Gasteiger partial charge in [0.2, 0.25) is 0 Å². The van der Waals surface area contributed by atoms with Crippen LogP contribution < -0.4 is 5.73 Å². The van der Waals surface area contributed by atoms with Gasteiger partial charge in [-0.25, -0.2) is 4.79 Å². The molecule has 0 amide bonds. The molecule has 36 heavy (non-hydrogen) atoms. The van der Waals surface area contributed by atoms with Gasteiger partial charge in [0.25, 0.3) is 0 Å². The largest absolute Gasteiger partial charge is 0.462 e. The van der Waals surface area contributed by atoms with E-state index in [1.165, 1.54) is 39.2 Å². The molecule has 192 valence electrons. The Morgan fingerprint density at radius 1 is 1.14 bits per heavy atom. The molecule has 0 aliphatic carbocycles. The summed E-state index contributed by atoms with van der Waals surface area (Å²) in [6.45, 7) is 10.4. The first-order valence-corrected chi connectivity index (χ1v) is 14.5. The van der Waals surface area contributed by atoms with E-state index in [0.29, 0.717) is 17.2 Å². The second-order valence-electron chi connectivity index (χ2n) is 9.18. The number of allylic oxidation sites excluding steroid dienone is 1. The van der Waals surface area contributed by atoms with Crippen molar-refractivity contribution in [1.82, 2.24) is 4.90 Å². The van der Waals surface area contributed by atoms with E-state index in [-0.39, 0.29) is 5.97 Å². The van der Waals surface area contributed by atoms with Gasteiger partial charge >= 0.3 is 5.97 Å². The van der Waals surface area contributed by atoms with E-state index in [1.807, 2.05) is 37.3 Å². The monoisotopic (exact) mass is 522 g/mol. The molecule has 0 atom stereocenters. The third-order valence-corrected chi connectivity index (χ3v) is 8.03. The molecule has 0 saturated carbocycles. The van der Waals surface area contributed by atoms with Crippen molar-refractivity contribution in [2.75, 3.05) is 32.2 Å². The molecule has 1 heterocycles. The zero-order valence-corrected chi connectivity index (χ0v) is 23.9. The molecule has 2 aromatic carbocycles. The highest BCUT2D eigenvalue weighted by Gasteiger charge is 2.25. The first-order chi connectivity index (χ1) is 17.3. The molecule has 0 unspecified atom stereocenters. The van der Waals surface area contributed by atoms with Crippen molar-refractivity contribution in [3.05, 3.63) is 80.6 Å². The van der Waals surface area contributed by atoms with E-state index in [4.69, 9.17) is 10.5 Å². The van der Waals surface area contributed by atoms with E-state index in [9.17, 15) is 4.79 Å². The van der Waals surface area contributed by atoms with Gasteiger partial charge in [-0.05, 0) is 99.2 Å². The van der Waals surface area contributed by atoms with Crippen LogP contribution in [0.2, 0.25) is 0 Å². The molecular weight excluding hydrogens is 484 g/mol. The highest BCUT2D eigenvalue weighted by Crippen LogP contribution is 2.40. The molecule has 4 nitrogen and oxygen atoms in total. The number of aryl methyl sites for hydroxylation is 2. The van der Waals surface area contributed by atoms with Crippen LogP contribution in [0.1, 0.15) is 57.3 Å². The van der Waals surface area contributed by atoms with E-state index in [2.05, 4.69) is 56.5 Å². The Bertz CT molecular complexity index is 1190. The molecule has 0 saturated heterocycles. The highest BCUT2D eigenvalue weighted by atomic mass is 32.2. The van der Waals surface area contributed by atoms with Crippen LogP contribution in [0, 0.1) is 20.8 Å². The normalized spacial score (nSPS) is 11.8. The van der Waals surface area contributed by atoms with Gasteiger partial charge in [-0.3, -0.25) is 0 Å². The number of hydrogen-bond acceptors (Lipinski definition) is 6. The van der Waals surface area contributed by atoms with E-state index in [1.54, 1.807) is 11.8 Å². The second-order valence-corrected chi connectivity index (χ2v) is 11.0. The molecule has 0 aliphatic rings. The maximum Gasteiger partial charge on any atom is 0.341 e. The van der Waals surface area contributed by atoms with Gasteiger partial charge in [0.1, 0.15) is 10.6 Å². The van der Waals surface area contributed by atoms with Crippen molar-refractivity contribution >= 4 is 39.6 Å². The Kier molecular flexibility index (Phi) is 10.2. The molecule has 0 radical (unpaired) electrons. The summed E-state index contributed by atoms with van der Waals surface area (Å²) in [6, 6.07) is 14.6. The number of nitrogen functional groups attached to an aromatic ring is 1. The van der Waals surface area contributed by atoms with Crippen LogP contribution in [0.3, 0.4) is 0 Å². The van der Waals surface area contributed by atoms with Crippen LogP contribution >= 0.6 is 23.1 Å². The zero-order chi connectivity index (χ0) is 26.2. The number of hydrogen-bond donors (Lipinski definition) is 1. The van der Waals surface area contributed by atoms with Gasteiger partial charge in [-0.15, -0.1) is 23.1 Å². The number of nitrogens with two attached hydrogens (primary N) is 1. The Hall–Kier alpha value is -2.54. The molecule has 0 spiro atoms. The number of thioether (sulfide) groups is 1. The topological polar surface area (TPSA) is 55.6 Å². The lowest BCUT2D eigenvalue weighted by molar-refractivity contribution is 0.0529. The SMILES string of the molecule is CCOC(=O)c1c(N)sc(CN(C)CCCC(=CSC)c2cc(C)c(C)c(C)c2)c1-c1ccccc1. The van der Waals surface area contributed by atoms with Gasteiger partial charge in [0.05, 0.1) is 6.61 Å². The average Bonchev–Trinajstić information content (AvgIpc) is 3.17. The highest BCUT2D eigenvalue weighted by molar-refractivity contribution is 8.01. The number of benzene rings is 2. The molecule has 0 bridgehead atoms. The van der Waals surface area contributed by atoms with E-state index in [0.717, 1.165) is 41.9 Å². The fraction of sp³-hybridized carbons (Fsp3) is 0.367. The molecule has 1 aromatic heterocycles. The molecule has 3 rings (SSSR count). The maximum absolute atomic E-state index is 12.8. The molecule has 2 N–H and O–H groups in total. The van der Waals surface area contributed by atoms with Crippen LogP contribution in [0.5, 0.6) is 0 Å². The van der Waals surface area contributed by atoms with Crippen LogP contribution in [-0.2, 0) is 11.3 Å². The smallest absolute Gasteiger partial charge is 0.341 e. The van der Waals surface area contributed by atoms with Crippen molar-refractivity contribution in [2.45, 2.75) is 47.1 Å². The van der Waals surface area contributed by atoms with E-state index >= 15 is 0 Å². The first-order valence-electron chi connectivity index (χ1n) is 12.4. The standard InChI is InChI=1S/C30H38N2O2S2/c1-7-34-30(33)28-27(23-12-9-8-10-13-23)26(36-29(28)31)18-32(5)15-11-14-24(19-35-6)25-16-20(2)22(4)21(3)17-25/h8-10,12-13,16-17,19H,7,11,14-15,18,31H2,1-6H3. The number of ether oxygens (including phenoxy) is 1. The van der Waals surface area contributed by atoms with Crippen molar-refractivity contribution < 1.29 is 9.53 Å². The predicted molar refractivity (Wildman–Crippen MR) is 158 cm³/mol. The summed E-state index contributed by atoms with van der Waals surface area (Å²) in [6.07, 6.45) is 4.17. The molecule has 0 fully saturated rings. The third kappa shape index (κ3) is 6.81. The van der Waals surface area contributed by atoms with Gasteiger partial charge in [0.15, 0.2) is 0 Å². The molecule has 3 aromatic rings. The number of rotatable bonds is 11. The summed E-state index contributed by atoms with van der Waals surface area (Å²) in [7, 11) is 2.13. The summed E-state index contributed by atoms with van der Waals surface area (Å²) in [5, 5.41) is 2.80. The maximum atomic E-state index is 12.8. The summed E-state index contributed by atoms with van der Waals surface area (Å²) in [5.74, 6) is -0.352. The number of thiophene rings is 1. The fourth-order valence-corrected chi connectivity index (χ4v) is 6.12. The zero-order valence-electron chi connectivity index (χ0n) is 22.3. The van der Waals surface area contributed by atoms with Crippen LogP contribution in [0.25, 0.3) is 16.7 Å². The quantitative estimate of drug-likeness (QED) is 0.261. The Balaban J connectivity index is 1.75. The van der Waals surface area contributed by atoms with Gasteiger partial charge in [-0.2, -0.15) is 0 Å². The summed E-state index contributed by atoms with van der Waals surface area (Å²) < 4.78 is 5.34.